The molecule has 0 aliphatic carbocycles. The number of rotatable bonds is 3. The van der Waals surface area contributed by atoms with Crippen LogP contribution in [0, 0.1) is 5.92 Å². The van der Waals surface area contributed by atoms with E-state index in [4.69, 9.17) is 5.10 Å². The summed E-state index contributed by atoms with van der Waals surface area (Å²) in [4.78, 5) is 24.0. The molecule has 0 radical (unpaired) electrons. The van der Waals surface area contributed by atoms with Gasteiger partial charge in [-0.3, -0.25) is 9.78 Å². The van der Waals surface area contributed by atoms with Gasteiger partial charge >= 0.3 is 0 Å². The van der Waals surface area contributed by atoms with Gasteiger partial charge in [0.05, 0.1) is 10.6 Å². The molecule has 5 rings (SSSR count). The Morgan fingerprint density at radius 3 is 2.71 bits per heavy atom. The molecular formula is C24H23N5OS. The minimum absolute atomic E-state index is 0.175. The van der Waals surface area contributed by atoms with Gasteiger partial charge in [-0.25, -0.2) is 4.68 Å². The zero-order valence-electron chi connectivity index (χ0n) is 17.3. The van der Waals surface area contributed by atoms with Crippen molar-refractivity contribution in [2.45, 2.75) is 19.8 Å². The summed E-state index contributed by atoms with van der Waals surface area (Å²) in [6.07, 6.45) is 9.76. The molecule has 3 aromatic rings. The van der Waals surface area contributed by atoms with Crippen LogP contribution in [0.5, 0.6) is 0 Å². The smallest absolute Gasteiger partial charge is 0.286 e. The van der Waals surface area contributed by atoms with Gasteiger partial charge in [0, 0.05) is 42.8 Å². The van der Waals surface area contributed by atoms with Crippen LogP contribution in [0.25, 0.3) is 23.0 Å². The molecule has 2 aromatic heterocycles. The molecule has 6 nitrogen and oxygen atoms in total. The zero-order valence-corrected chi connectivity index (χ0v) is 18.1. The summed E-state index contributed by atoms with van der Waals surface area (Å²) >= 11 is 1.47. The Morgan fingerprint density at radius 2 is 1.94 bits per heavy atom. The van der Waals surface area contributed by atoms with Crippen LogP contribution in [0.1, 0.15) is 25.3 Å². The Labute approximate surface area is 185 Å². The second-order valence-electron chi connectivity index (χ2n) is 7.95. The van der Waals surface area contributed by atoms with E-state index in [1.54, 1.807) is 12.4 Å². The first kappa shape index (κ1) is 19.8. The van der Waals surface area contributed by atoms with Gasteiger partial charge in [-0.05, 0) is 60.9 Å². The number of amidine groups is 1. The number of thioether (sulfide) groups is 1. The highest BCUT2D eigenvalue weighted by atomic mass is 32.2. The van der Waals surface area contributed by atoms with E-state index >= 15 is 0 Å². The monoisotopic (exact) mass is 429 g/mol. The number of aliphatic imine (C=N–C) groups is 1. The van der Waals surface area contributed by atoms with Crippen molar-refractivity contribution >= 4 is 28.9 Å². The van der Waals surface area contributed by atoms with Gasteiger partial charge in [0.1, 0.15) is 5.69 Å². The molecule has 1 unspecified atom stereocenters. The largest absolute Gasteiger partial charge is 0.351 e. The first-order valence-electron chi connectivity index (χ1n) is 10.5. The van der Waals surface area contributed by atoms with E-state index in [0.29, 0.717) is 10.8 Å². The van der Waals surface area contributed by atoms with E-state index in [-0.39, 0.29) is 5.91 Å². The van der Waals surface area contributed by atoms with Gasteiger partial charge < -0.3 is 4.90 Å². The fourth-order valence-electron chi connectivity index (χ4n) is 3.98. The van der Waals surface area contributed by atoms with E-state index in [1.165, 1.54) is 18.2 Å². The van der Waals surface area contributed by atoms with Crippen molar-refractivity contribution in [1.82, 2.24) is 19.7 Å². The molecule has 1 aromatic carbocycles. The minimum Gasteiger partial charge on any atom is -0.351 e. The Bertz CT molecular complexity index is 1150. The van der Waals surface area contributed by atoms with Crippen LogP contribution >= 0.6 is 11.8 Å². The first-order valence-corrected chi connectivity index (χ1v) is 11.3. The highest BCUT2D eigenvalue weighted by Crippen LogP contribution is 2.34. The molecule has 1 saturated heterocycles. The number of piperidine rings is 1. The lowest BCUT2D eigenvalue weighted by atomic mass is 10.0. The predicted octanol–water partition coefficient (Wildman–Crippen LogP) is 4.64. The summed E-state index contributed by atoms with van der Waals surface area (Å²) < 4.78 is 1.85. The third-order valence-electron chi connectivity index (χ3n) is 5.54. The van der Waals surface area contributed by atoms with E-state index in [2.05, 4.69) is 21.8 Å². The van der Waals surface area contributed by atoms with E-state index in [0.717, 1.165) is 47.2 Å². The molecule has 0 saturated carbocycles. The lowest BCUT2D eigenvalue weighted by molar-refractivity contribution is -0.113. The Kier molecular flexibility index (Phi) is 5.42. The molecule has 1 amide bonds. The number of hydrogen-bond acceptors (Lipinski definition) is 5. The van der Waals surface area contributed by atoms with E-state index in [1.807, 2.05) is 59.4 Å². The standard InChI is InChI=1S/C24H23N5OS/c1-17-6-5-13-28(15-17)24-26-23(30)21(31-24)14-19-16-29(20-7-3-2-4-8-20)27-22(19)18-9-11-25-12-10-18/h2-4,7-12,14,16-17H,5-6,13,15H2,1H3. The zero-order chi connectivity index (χ0) is 21.2. The number of nitrogens with zero attached hydrogens (tertiary/aromatic N) is 5. The van der Waals surface area contributed by atoms with Crippen LogP contribution in [0.15, 0.2) is 71.0 Å². The van der Waals surface area contributed by atoms with Gasteiger partial charge in [0.25, 0.3) is 5.91 Å². The number of likely N-dealkylation sites (tertiary alicyclic amines) is 1. The molecular weight excluding hydrogens is 406 g/mol. The Balaban J connectivity index is 1.49. The van der Waals surface area contributed by atoms with Crippen LogP contribution in [-0.4, -0.2) is 43.8 Å². The van der Waals surface area contributed by atoms with Crippen molar-refractivity contribution < 1.29 is 4.79 Å². The van der Waals surface area contributed by atoms with Crippen LogP contribution in [0.2, 0.25) is 0 Å². The molecule has 31 heavy (non-hydrogen) atoms. The van der Waals surface area contributed by atoms with Gasteiger partial charge in [-0.2, -0.15) is 10.1 Å². The van der Waals surface area contributed by atoms with Crippen LogP contribution in [0.3, 0.4) is 0 Å². The maximum absolute atomic E-state index is 12.7. The molecule has 156 valence electrons. The summed E-state index contributed by atoms with van der Waals surface area (Å²) in [6.45, 7) is 4.18. The Morgan fingerprint density at radius 1 is 1.13 bits per heavy atom. The second kappa shape index (κ2) is 8.51. The van der Waals surface area contributed by atoms with E-state index in [9.17, 15) is 4.79 Å². The molecule has 1 fully saturated rings. The molecule has 0 bridgehead atoms. The lowest BCUT2D eigenvalue weighted by Gasteiger charge is -2.31. The van der Waals surface area contributed by atoms with Crippen LogP contribution < -0.4 is 0 Å². The second-order valence-corrected chi connectivity index (χ2v) is 8.96. The first-order chi connectivity index (χ1) is 15.2. The number of pyridine rings is 1. The van der Waals surface area contributed by atoms with Crippen molar-refractivity contribution in [2.75, 3.05) is 13.1 Å². The van der Waals surface area contributed by atoms with Crippen molar-refractivity contribution in [2.24, 2.45) is 10.9 Å². The van der Waals surface area contributed by atoms with Crippen molar-refractivity contribution in [3.63, 3.8) is 0 Å². The van der Waals surface area contributed by atoms with E-state index < -0.39 is 0 Å². The average molecular weight is 430 g/mol. The summed E-state index contributed by atoms with van der Waals surface area (Å²) in [5.41, 5.74) is 3.62. The maximum atomic E-state index is 12.7. The molecule has 1 atom stereocenters. The predicted molar refractivity (Wildman–Crippen MR) is 125 cm³/mol. The van der Waals surface area contributed by atoms with Gasteiger partial charge in [0.2, 0.25) is 0 Å². The third kappa shape index (κ3) is 4.18. The molecule has 2 aliphatic rings. The molecule has 2 aliphatic heterocycles. The quantitative estimate of drug-likeness (QED) is 0.568. The number of carbonyl (C=O) groups is 1. The third-order valence-corrected chi connectivity index (χ3v) is 6.58. The van der Waals surface area contributed by atoms with Crippen molar-refractivity contribution in [3.8, 4) is 16.9 Å². The number of carbonyl (C=O) groups excluding carboxylic acids is 1. The summed E-state index contributed by atoms with van der Waals surface area (Å²) in [5, 5.41) is 5.64. The molecule has 0 N–H and O–H groups in total. The summed E-state index contributed by atoms with van der Waals surface area (Å²) in [7, 11) is 0. The molecule has 0 spiro atoms. The van der Waals surface area contributed by atoms with Gasteiger partial charge in [-0.1, -0.05) is 25.1 Å². The normalized spacial score (nSPS) is 20.4. The Hall–Kier alpha value is -3.19. The maximum Gasteiger partial charge on any atom is 0.286 e. The molecule has 7 heteroatoms. The van der Waals surface area contributed by atoms with Crippen molar-refractivity contribution in [1.29, 1.82) is 0 Å². The highest BCUT2D eigenvalue weighted by molar-refractivity contribution is 8.18. The fourth-order valence-corrected chi connectivity index (χ4v) is 4.92. The topological polar surface area (TPSA) is 63.4 Å². The van der Waals surface area contributed by atoms with Crippen LogP contribution in [0.4, 0.5) is 0 Å². The SMILES string of the molecule is CC1CCCN(C2=NC(=O)C(=Cc3cn(-c4ccccc4)nc3-c3ccncc3)S2)C1. The number of amides is 1. The van der Waals surface area contributed by atoms with Gasteiger partial charge in [-0.15, -0.1) is 0 Å². The number of hydrogen-bond donors (Lipinski definition) is 0. The number of para-hydroxylation sites is 1. The summed E-state index contributed by atoms with van der Waals surface area (Å²) in [6, 6.07) is 13.8. The fraction of sp³-hybridized carbons (Fsp3) is 0.250. The minimum atomic E-state index is -0.175. The summed E-state index contributed by atoms with van der Waals surface area (Å²) in [5.74, 6) is 0.453. The average Bonchev–Trinajstić information content (AvgIpc) is 3.39. The number of benzene rings is 1. The van der Waals surface area contributed by atoms with Gasteiger partial charge in [0.15, 0.2) is 5.17 Å². The molecule has 4 heterocycles. The lowest BCUT2D eigenvalue weighted by Crippen LogP contribution is -2.37. The highest BCUT2D eigenvalue weighted by Gasteiger charge is 2.29. The van der Waals surface area contributed by atoms with Crippen LogP contribution in [-0.2, 0) is 4.79 Å². The number of aromatic nitrogens is 3. The van der Waals surface area contributed by atoms with Crippen molar-refractivity contribution in [3.05, 3.63) is 71.5 Å².